The molecule has 1 N–H and O–H groups in total. The van der Waals surface area contributed by atoms with Crippen LogP contribution in [-0.4, -0.2) is 35.6 Å². The van der Waals surface area contributed by atoms with E-state index in [1.807, 2.05) is 43.3 Å². The van der Waals surface area contributed by atoms with E-state index >= 15 is 0 Å². The molecule has 1 aliphatic rings. The number of rotatable bonds is 6. The highest BCUT2D eigenvalue weighted by Gasteiger charge is 2.15. The third-order valence-corrected chi connectivity index (χ3v) is 3.87. The molecule has 2 aromatic rings. The number of para-hydroxylation sites is 1. The van der Waals surface area contributed by atoms with Crippen molar-refractivity contribution < 1.29 is 9.53 Å². The molecule has 24 heavy (non-hydrogen) atoms. The van der Waals surface area contributed by atoms with Gasteiger partial charge in [-0.1, -0.05) is 18.2 Å². The SMILES string of the molecule is Cc1cc(N2CCCC2)nc(CNC(=O)COc2ccccc2)n1. The summed E-state index contributed by atoms with van der Waals surface area (Å²) >= 11 is 0. The number of benzene rings is 1. The number of carbonyl (C=O) groups is 1. The van der Waals surface area contributed by atoms with Gasteiger partial charge in [-0.3, -0.25) is 4.79 Å². The second-order valence-corrected chi connectivity index (χ2v) is 5.86. The Morgan fingerprint density at radius 1 is 1.21 bits per heavy atom. The van der Waals surface area contributed by atoms with Gasteiger partial charge in [0, 0.05) is 24.8 Å². The number of nitrogens with one attached hydrogen (secondary N) is 1. The zero-order chi connectivity index (χ0) is 16.8. The lowest BCUT2D eigenvalue weighted by molar-refractivity contribution is -0.123. The van der Waals surface area contributed by atoms with Gasteiger partial charge in [-0.25, -0.2) is 9.97 Å². The minimum Gasteiger partial charge on any atom is -0.484 e. The number of aryl methyl sites for hydroxylation is 1. The number of anilines is 1. The fourth-order valence-electron chi connectivity index (χ4n) is 2.69. The van der Waals surface area contributed by atoms with Gasteiger partial charge in [0.05, 0.1) is 6.54 Å². The highest BCUT2D eigenvalue weighted by molar-refractivity contribution is 5.77. The predicted octanol–water partition coefficient (Wildman–Crippen LogP) is 2.08. The molecular formula is C18H22N4O2. The van der Waals surface area contributed by atoms with Crippen LogP contribution in [0.4, 0.5) is 5.82 Å². The molecule has 1 aliphatic heterocycles. The molecule has 0 radical (unpaired) electrons. The molecule has 1 amide bonds. The smallest absolute Gasteiger partial charge is 0.258 e. The van der Waals surface area contributed by atoms with Crippen molar-refractivity contribution in [3.8, 4) is 5.75 Å². The van der Waals surface area contributed by atoms with Gasteiger partial charge in [0.2, 0.25) is 0 Å². The molecule has 0 atom stereocenters. The van der Waals surface area contributed by atoms with Crippen molar-refractivity contribution in [3.05, 3.63) is 47.9 Å². The number of amides is 1. The first-order valence-corrected chi connectivity index (χ1v) is 8.25. The van der Waals surface area contributed by atoms with Gasteiger partial charge < -0.3 is 15.0 Å². The van der Waals surface area contributed by atoms with Crippen LogP contribution in [0.3, 0.4) is 0 Å². The third-order valence-electron chi connectivity index (χ3n) is 3.87. The molecule has 0 unspecified atom stereocenters. The third kappa shape index (κ3) is 4.44. The summed E-state index contributed by atoms with van der Waals surface area (Å²) in [5.41, 5.74) is 0.914. The maximum absolute atomic E-state index is 11.9. The van der Waals surface area contributed by atoms with Gasteiger partial charge in [0.15, 0.2) is 6.61 Å². The zero-order valence-electron chi connectivity index (χ0n) is 13.9. The first kappa shape index (κ1) is 16.2. The standard InChI is InChI=1S/C18H22N4O2/c1-14-11-17(22-9-5-6-10-22)21-16(20-14)12-19-18(23)13-24-15-7-3-2-4-8-15/h2-4,7-8,11H,5-6,9-10,12-13H2,1H3,(H,19,23). The van der Waals surface area contributed by atoms with E-state index < -0.39 is 0 Å². The quantitative estimate of drug-likeness (QED) is 0.880. The number of carbonyl (C=O) groups excluding carboxylic acids is 1. The van der Waals surface area contributed by atoms with Crippen LogP contribution < -0.4 is 15.0 Å². The van der Waals surface area contributed by atoms with Crippen molar-refractivity contribution >= 4 is 11.7 Å². The topological polar surface area (TPSA) is 67.4 Å². The summed E-state index contributed by atoms with van der Waals surface area (Å²) in [6.45, 7) is 4.31. The van der Waals surface area contributed by atoms with Gasteiger partial charge in [0.1, 0.15) is 17.4 Å². The van der Waals surface area contributed by atoms with E-state index in [0.717, 1.165) is 24.6 Å². The molecule has 1 fully saturated rings. The van der Waals surface area contributed by atoms with Gasteiger partial charge in [-0.15, -0.1) is 0 Å². The average molecular weight is 326 g/mol. The van der Waals surface area contributed by atoms with Crippen molar-refractivity contribution in [1.82, 2.24) is 15.3 Å². The number of hydrogen-bond donors (Lipinski definition) is 1. The van der Waals surface area contributed by atoms with Gasteiger partial charge in [-0.2, -0.15) is 0 Å². The van der Waals surface area contributed by atoms with Crippen molar-refractivity contribution in [2.45, 2.75) is 26.3 Å². The molecule has 0 aliphatic carbocycles. The summed E-state index contributed by atoms with van der Waals surface area (Å²) in [5, 5.41) is 2.81. The van der Waals surface area contributed by atoms with Crippen LogP contribution in [0.1, 0.15) is 24.4 Å². The van der Waals surface area contributed by atoms with Crippen LogP contribution in [-0.2, 0) is 11.3 Å². The van der Waals surface area contributed by atoms with E-state index in [1.165, 1.54) is 12.8 Å². The van der Waals surface area contributed by atoms with E-state index in [9.17, 15) is 4.79 Å². The molecule has 2 heterocycles. The maximum atomic E-state index is 11.9. The molecule has 6 heteroatoms. The normalized spacial score (nSPS) is 13.8. The first-order chi connectivity index (χ1) is 11.7. The predicted molar refractivity (Wildman–Crippen MR) is 92.0 cm³/mol. The largest absolute Gasteiger partial charge is 0.484 e. The molecule has 1 aromatic carbocycles. The van der Waals surface area contributed by atoms with Crippen molar-refractivity contribution in [2.75, 3.05) is 24.6 Å². The van der Waals surface area contributed by atoms with Gasteiger partial charge in [0.25, 0.3) is 5.91 Å². The fourth-order valence-corrected chi connectivity index (χ4v) is 2.69. The lowest BCUT2D eigenvalue weighted by atomic mass is 10.3. The Morgan fingerprint density at radius 3 is 2.71 bits per heavy atom. The second kappa shape index (κ2) is 7.77. The van der Waals surface area contributed by atoms with E-state index in [4.69, 9.17) is 4.74 Å². The Kier molecular flexibility index (Phi) is 5.25. The molecule has 1 aromatic heterocycles. The summed E-state index contributed by atoms with van der Waals surface area (Å²) in [6, 6.07) is 11.3. The summed E-state index contributed by atoms with van der Waals surface area (Å²) < 4.78 is 5.42. The van der Waals surface area contributed by atoms with Crippen LogP contribution in [0.15, 0.2) is 36.4 Å². The minimum absolute atomic E-state index is 0.0190. The molecule has 1 saturated heterocycles. The van der Waals surface area contributed by atoms with Gasteiger partial charge >= 0.3 is 0 Å². The summed E-state index contributed by atoms with van der Waals surface area (Å²) in [6.07, 6.45) is 2.40. The Bertz CT molecular complexity index is 685. The van der Waals surface area contributed by atoms with Crippen LogP contribution >= 0.6 is 0 Å². The number of aromatic nitrogens is 2. The maximum Gasteiger partial charge on any atom is 0.258 e. The molecule has 3 rings (SSSR count). The van der Waals surface area contributed by atoms with Crippen molar-refractivity contribution in [3.63, 3.8) is 0 Å². The van der Waals surface area contributed by atoms with Crippen LogP contribution in [0, 0.1) is 6.92 Å². The van der Waals surface area contributed by atoms with Crippen molar-refractivity contribution in [1.29, 1.82) is 0 Å². The number of hydrogen-bond acceptors (Lipinski definition) is 5. The summed E-state index contributed by atoms with van der Waals surface area (Å²) in [5.74, 6) is 2.07. The number of nitrogens with zero attached hydrogens (tertiary/aromatic N) is 3. The van der Waals surface area contributed by atoms with Crippen LogP contribution in [0.25, 0.3) is 0 Å². The van der Waals surface area contributed by atoms with Crippen molar-refractivity contribution in [2.24, 2.45) is 0 Å². The van der Waals surface area contributed by atoms with Crippen LogP contribution in [0.2, 0.25) is 0 Å². The minimum atomic E-state index is -0.188. The second-order valence-electron chi connectivity index (χ2n) is 5.86. The fraction of sp³-hybridized carbons (Fsp3) is 0.389. The molecule has 0 spiro atoms. The molecule has 0 saturated carbocycles. The van der Waals surface area contributed by atoms with E-state index in [0.29, 0.717) is 18.1 Å². The molecule has 0 bridgehead atoms. The first-order valence-electron chi connectivity index (χ1n) is 8.25. The highest BCUT2D eigenvalue weighted by atomic mass is 16.5. The van der Waals surface area contributed by atoms with E-state index in [2.05, 4.69) is 20.2 Å². The summed E-state index contributed by atoms with van der Waals surface area (Å²) in [4.78, 5) is 23.1. The molecule has 126 valence electrons. The molecule has 6 nitrogen and oxygen atoms in total. The van der Waals surface area contributed by atoms with E-state index in [1.54, 1.807) is 0 Å². The Balaban J connectivity index is 1.53. The Labute approximate surface area is 141 Å². The van der Waals surface area contributed by atoms with E-state index in [-0.39, 0.29) is 12.5 Å². The Morgan fingerprint density at radius 2 is 1.96 bits per heavy atom. The van der Waals surface area contributed by atoms with Gasteiger partial charge in [-0.05, 0) is 31.9 Å². The lowest BCUT2D eigenvalue weighted by Crippen LogP contribution is -2.29. The lowest BCUT2D eigenvalue weighted by Gasteiger charge is -2.17. The van der Waals surface area contributed by atoms with Crippen LogP contribution in [0.5, 0.6) is 5.75 Å². The monoisotopic (exact) mass is 326 g/mol. The Hall–Kier alpha value is -2.63. The average Bonchev–Trinajstić information content (AvgIpc) is 3.13. The summed E-state index contributed by atoms with van der Waals surface area (Å²) in [7, 11) is 0. The molecular weight excluding hydrogens is 304 g/mol. The number of ether oxygens (including phenoxy) is 1. The highest BCUT2D eigenvalue weighted by Crippen LogP contribution is 2.18. The zero-order valence-corrected chi connectivity index (χ0v) is 13.9.